The lowest BCUT2D eigenvalue weighted by atomic mass is 10.2. The van der Waals surface area contributed by atoms with E-state index < -0.39 is 26.8 Å². The summed E-state index contributed by atoms with van der Waals surface area (Å²) in [5.74, 6) is -0.841. The van der Waals surface area contributed by atoms with Gasteiger partial charge >= 0.3 is 0 Å². The van der Waals surface area contributed by atoms with Gasteiger partial charge in [-0.1, -0.05) is 0 Å². The summed E-state index contributed by atoms with van der Waals surface area (Å²) in [4.78, 5) is -0.506. The van der Waals surface area contributed by atoms with Crippen LogP contribution in [0.2, 0.25) is 0 Å². The number of nitrogens with two attached hydrogens (primary N) is 1. The minimum absolute atomic E-state index is 0.0721. The van der Waals surface area contributed by atoms with Crippen molar-refractivity contribution < 1.29 is 22.7 Å². The van der Waals surface area contributed by atoms with Gasteiger partial charge in [0.15, 0.2) is 0 Å². The Balaban J connectivity index is 3.10. The van der Waals surface area contributed by atoms with Crippen LogP contribution in [0.3, 0.4) is 0 Å². The number of sulfonamides is 1. The van der Waals surface area contributed by atoms with Crippen LogP contribution in [0.5, 0.6) is 0 Å². The van der Waals surface area contributed by atoms with Crippen molar-refractivity contribution in [2.75, 3.05) is 26.1 Å². The number of ether oxygens (including phenoxy) is 1. The zero-order chi connectivity index (χ0) is 15.3. The van der Waals surface area contributed by atoms with Gasteiger partial charge in [-0.15, -0.1) is 0 Å². The Morgan fingerprint density at radius 3 is 2.70 bits per heavy atom. The third kappa shape index (κ3) is 4.14. The Morgan fingerprint density at radius 1 is 1.50 bits per heavy atom. The minimum atomic E-state index is -4.08. The molecule has 114 valence electrons. The van der Waals surface area contributed by atoms with Crippen molar-refractivity contribution in [1.29, 1.82) is 0 Å². The van der Waals surface area contributed by atoms with Crippen LogP contribution in [0.25, 0.3) is 0 Å². The summed E-state index contributed by atoms with van der Waals surface area (Å²) in [6, 6.07) is 1.78. The minimum Gasteiger partial charge on any atom is -0.399 e. The molecule has 4 N–H and O–H groups in total. The molecule has 0 spiro atoms. The SMILES string of the molecule is COCC(CCO)NS(=O)(=O)c1cc(N)cc(C)c1F. The number of aliphatic hydroxyl groups is 1. The molecule has 0 bridgehead atoms. The van der Waals surface area contributed by atoms with E-state index in [1.807, 2.05) is 0 Å². The highest BCUT2D eigenvalue weighted by Gasteiger charge is 2.24. The highest BCUT2D eigenvalue weighted by atomic mass is 32.2. The normalized spacial score (nSPS) is 13.4. The number of halogens is 1. The Hall–Kier alpha value is -1.22. The average Bonchev–Trinajstić information content (AvgIpc) is 2.33. The van der Waals surface area contributed by atoms with Crippen LogP contribution in [-0.4, -0.2) is 39.9 Å². The molecule has 0 aliphatic rings. The second-order valence-electron chi connectivity index (χ2n) is 4.44. The molecule has 20 heavy (non-hydrogen) atoms. The summed E-state index contributed by atoms with van der Waals surface area (Å²) in [6.45, 7) is 1.29. The largest absolute Gasteiger partial charge is 0.399 e. The highest BCUT2D eigenvalue weighted by Crippen LogP contribution is 2.21. The van der Waals surface area contributed by atoms with Gasteiger partial charge in [-0.2, -0.15) is 0 Å². The fourth-order valence-electron chi connectivity index (χ4n) is 1.78. The number of anilines is 1. The Bertz CT molecular complexity index is 557. The van der Waals surface area contributed by atoms with Crippen LogP contribution in [0.15, 0.2) is 17.0 Å². The molecule has 1 atom stereocenters. The summed E-state index contributed by atoms with van der Waals surface area (Å²) < 4.78 is 45.4. The lowest BCUT2D eigenvalue weighted by Gasteiger charge is -2.17. The van der Waals surface area contributed by atoms with E-state index in [9.17, 15) is 12.8 Å². The maximum atomic E-state index is 13.9. The highest BCUT2D eigenvalue weighted by molar-refractivity contribution is 7.89. The average molecular weight is 306 g/mol. The predicted octanol–water partition coefficient (Wildman–Crippen LogP) is 0.392. The van der Waals surface area contributed by atoms with Crippen molar-refractivity contribution in [3.05, 3.63) is 23.5 Å². The van der Waals surface area contributed by atoms with Gasteiger partial charge in [-0.05, 0) is 31.0 Å². The van der Waals surface area contributed by atoms with Crippen molar-refractivity contribution in [3.8, 4) is 0 Å². The number of aryl methyl sites for hydroxylation is 1. The second-order valence-corrected chi connectivity index (χ2v) is 6.12. The Labute approximate surface area is 117 Å². The van der Waals surface area contributed by atoms with Crippen LogP contribution in [0, 0.1) is 12.7 Å². The van der Waals surface area contributed by atoms with Crippen LogP contribution < -0.4 is 10.5 Å². The molecule has 8 heteroatoms. The number of nitrogens with one attached hydrogen (secondary N) is 1. The lowest BCUT2D eigenvalue weighted by molar-refractivity contribution is 0.158. The fourth-order valence-corrected chi connectivity index (χ4v) is 3.22. The standard InChI is InChI=1S/C12H19FN2O4S/c1-8-5-9(14)6-11(12(8)13)20(17,18)15-10(3-4-16)7-19-2/h5-6,10,15-16H,3-4,7,14H2,1-2H3. The Kier molecular flexibility index (Phi) is 5.88. The van der Waals surface area contributed by atoms with Crippen molar-refractivity contribution in [2.24, 2.45) is 0 Å². The number of hydrogen-bond donors (Lipinski definition) is 3. The smallest absolute Gasteiger partial charge is 0.243 e. The quantitative estimate of drug-likeness (QED) is 0.633. The summed E-state index contributed by atoms with van der Waals surface area (Å²) in [5.41, 5.74) is 5.86. The first-order valence-corrected chi connectivity index (χ1v) is 7.48. The number of nitrogen functional groups attached to an aromatic ring is 1. The van der Waals surface area contributed by atoms with E-state index in [4.69, 9.17) is 15.6 Å². The van der Waals surface area contributed by atoms with E-state index in [1.54, 1.807) is 0 Å². The molecule has 0 aliphatic heterocycles. The molecule has 1 aromatic rings. The van der Waals surface area contributed by atoms with Crippen LogP contribution in [0.4, 0.5) is 10.1 Å². The zero-order valence-electron chi connectivity index (χ0n) is 11.4. The summed E-state index contributed by atoms with van der Waals surface area (Å²) in [5, 5.41) is 8.89. The van der Waals surface area contributed by atoms with Gasteiger partial charge in [0.2, 0.25) is 10.0 Å². The number of hydrogen-bond acceptors (Lipinski definition) is 5. The molecule has 6 nitrogen and oxygen atoms in total. The van der Waals surface area contributed by atoms with Gasteiger partial charge in [0.05, 0.1) is 6.61 Å². The lowest BCUT2D eigenvalue weighted by Crippen LogP contribution is -2.39. The first kappa shape index (κ1) is 16.8. The van der Waals surface area contributed by atoms with Gasteiger partial charge < -0.3 is 15.6 Å². The van der Waals surface area contributed by atoms with Gasteiger partial charge in [0.1, 0.15) is 10.7 Å². The molecule has 1 rings (SSSR count). The molecule has 1 aromatic carbocycles. The van der Waals surface area contributed by atoms with Crippen molar-refractivity contribution in [1.82, 2.24) is 4.72 Å². The van der Waals surface area contributed by atoms with Crippen molar-refractivity contribution >= 4 is 15.7 Å². The van der Waals surface area contributed by atoms with E-state index in [0.29, 0.717) is 0 Å². The van der Waals surface area contributed by atoms with Crippen LogP contribution >= 0.6 is 0 Å². The first-order chi connectivity index (χ1) is 9.31. The van der Waals surface area contributed by atoms with Gasteiger partial charge in [-0.3, -0.25) is 0 Å². The first-order valence-electron chi connectivity index (χ1n) is 5.99. The molecule has 0 heterocycles. The van der Waals surface area contributed by atoms with E-state index in [2.05, 4.69) is 4.72 Å². The maximum Gasteiger partial charge on any atom is 0.243 e. The van der Waals surface area contributed by atoms with Crippen molar-refractivity contribution in [2.45, 2.75) is 24.3 Å². The van der Waals surface area contributed by atoms with E-state index >= 15 is 0 Å². The predicted molar refractivity (Wildman–Crippen MR) is 73.2 cm³/mol. The number of aliphatic hydroxyl groups excluding tert-OH is 1. The zero-order valence-corrected chi connectivity index (χ0v) is 12.2. The molecular weight excluding hydrogens is 287 g/mol. The summed E-state index contributed by atoms with van der Waals surface area (Å²) >= 11 is 0. The second kappa shape index (κ2) is 6.98. The van der Waals surface area contributed by atoms with Gasteiger partial charge in [0, 0.05) is 25.4 Å². The van der Waals surface area contributed by atoms with E-state index in [-0.39, 0.29) is 30.9 Å². The fraction of sp³-hybridized carbons (Fsp3) is 0.500. The molecule has 0 saturated heterocycles. The van der Waals surface area contributed by atoms with Crippen molar-refractivity contribution in [3.63, 3.8) is 0 Å². The summed E-state index contributed by atoms with van der Waals surface area (Å²) in [7, 11) is -2.67. The molecular formula is C12H19FN2O4S. The third-order valence-corrected chi connectivity index (χ3v) is 4.22. The molecule has 0 saturated carbocycles. The molecule has 0 aromatic heterocycles. The van der Waals surface area contributed by atoms with E-state index in [1.165, 1.54) is 20.1 Å². The monoisotopic (exact) mass is 306 g/mol. The topological polar surface area (TPSA) is 102 Å². The third-order valence-electron chi connectivity index (χ3n) is 2.70. The van der Waals surface area contributed by atoms with Crippen LogP contribution in [-0.2, 0) is 14.8 Å². The summed E-state index contributed by atoms with van der Waals surface area (Å²) in [6.07, 6.45) is 0.163. The number of rotatable bonds is 7. The van der Waals surface area contributed by atoms with Gasteiger partial charge in [-0.25, -0.2) is 17.5 Å². The molecule has 0 amide bonds. The molecule has 1 unspecified atom stereocenters. The number of benzene rings is 1. The van der Waals surface area contributed by atoms with Gasteiger partial charge in [0.25, 0.3) is 0 Å². The molecule has 0 fully saturated rings. The van der Waals surface area contributed by atoms with Crippen LogP contribution in [0.1, 0.15) is 12.0 Å². The Morgan fingerprint density at radius 2 is 2.15 bits per heavy atom. The maximum absolute atomic E-state index is 13.9. The molecule has 0 radical (unpaired) electrons. The number of methoxy groups -OCH3 is 1. The molecule has 0 aliphatic carbocycles. The van der Waals surface area contributed by atoms with E-state index in [0.717, 1.165) is 6.07 Å².